The van der Waals surface area contributed by atoms with E-state index in [9.17, 15) is 0 Å². The van der Waals surface area contributed by atoms with Crippen LogP contribution >= 0.6 is 48.0 Å². The van der Waals surface area contributed by atoms with E-state index in [0.717, 1.165) is 39.9 Å². The van der Waals surface area contributed by atoms with Crippen molar-refractivity contribution >= 4 is 56.6 Å². The zero-order valence-electron chi connectivity index (χ0n) is 22.4. The molecule has 0 amide bonds. The van der Waals surface area contributed by atoms with Gasteiger partial charge in [0.2, 0.25) is 0 Å². The van der Waals surface area contributed by atoms with Crippen LogP contribution in [0, 0.1) is 0 Å². The molecule has 33 heavy (non-hydrogen) atoms. The van der Waals surface area contributed by atoms with Crippen molar-refractivity contribution in [3.63, 3.8) is 0 Å². The van der Waals surface area contributed by atoms with Gasteiger partial charge in [-0.25, -0.2) is 0 Å². The number of thioether (sulfide) groups is 2. The quantitative estimate of drug-likeness (QED) is 0.0768. The fourth-order valence-electron chi connectivity index (χ4n) is 3.77. The highest BCUT2D eigenvalue weighted by molar-refractivity contribution is 8.35. The maximum Gasteiger partial charge on any atom is 0.137 e. The third kappa shape index (κ3) is 20.4. The molecule has 0 radical (unpaired) electrons. The molecule has 0 fully saturated rings. The van der Waals surface area contributed by atoms with Gasteiger partial charge < -0.3 is 9.80 Å². The van der Waals surface area contributed by atoms with Crippen molar-refractivity contribution in [2.75, 3.05) is 31.3 Å². The van der Waals surface area contributed by atoms with Gasteiger partial charge in [-0.2, -0.15) is 0 Å². The van der Waals surface area contributed by atoms with Gasteiger partial charge >= 0.3 is 0 Å². The van der Waals surface area contributed by atoms with E-state index in [-0.39, 0.29) is 0 Å². The summed E-state index contributed by atoms with van der Waals surface area (Å²) >= 11 is 15.3. The van der Waals surface area contributed by atoms with Crippen molar-refractivity contribution in [2.24, 2.45) is 0 Å². The summed E-state index contributed by atoms with van der Waals surface area (Å²) in [7, 11) is 0. The van der Waals surface area contributed by atoms with Crippen LogP contribution in [0.3, 0.4) is 0 Å². The molecule has 0 spiro atoms. The van der Waals surface area contributed by atoms with Crippen LogP contribution in [0.2, 0.25) is 0 Å². The highest BCUT2D eigenvalue weighted by atomic mass is 32.2. The first-order chi connectivity index (χ1) is 16.1. The van der Waals surface area contributed by atoms with Crippen LogP contribution in [0.15, 0.2) is 0 Å². The molecule has 0 unspecified atom stereocenters. The molecule has 0 bridgehead atoms. The maximum absolute atomic E-state index is 5.84. The SMILES string of the molecule is CCCCCCCCN(CCCC)C(=S)SCSC(=S)N(CCCC)CCCCCCCC. The molecule has 0 saturated heterocycles. The number of hydrogen-bond donors (Lipinski definition) is 0. The van der Waals surface area contributed by atoms with Crippen LogP contribution in [0.1, 0.15) is 130 Å². The minimum atomic E-state index is 0.940. The number of hydrogen-bond acceptors (Lipinski definition) is 4. The van der Waals surface area contributed by atoms with E-state index in [1.807, 2.05) is 23.5 Å². The molecule has 0 N–H and O–H groups in total. The molecule has 0 atom stereocenters. The van der Waals surface area contributed by atoms with E-state index in [1.165, 1.54) is 103 Å². The predicted octanol–water partition coefficient (Wildman–Crippen LogP) is 9.91. The predicted molar refractivity (Wildman–Crippen MR) is 165 cm³/mol. The van der Waals surface area contributed by atoms with Crippen LogP contribution in [-0.2, 0) is 0 Å². The lowest BCUT2D eigenvalue weighted by Gasteiger charge is -2.26. The number of unbranched alkanes of at least 4 members (excludes halogenated alkanes) is 12. The number of thiocarbonyl (C=S) groups is 2. The fraction of sp³-hybridized carbons (Fsp3) is 0.926. The van der Waals surface area contributed by atoms with Gasteiger partial charge in [-0.3, -0.25) is 0 Å². The molecule has 6 heteroatoms. The molecule has 0 aromatic rings. The van der Waals surface area contributed by atoms with Crippen molar-refractivity contribution in [1.82, 2.24) is 9.80 Å². The average Bonchev–Trinajstić information content (AvgIpc) is 2.81. The third-order valence-corrected chi connectivity index (χ3v) is 9.18. The summed E-state index contributed by atoms with van der Waals surface area (Å²) in [5.41, 5.74) is 0. The Morgan fingerprint density at radius 3 is 1.12 bits per heavy atom. The minimum Gasteiger partial charge on any atom is -0.358 e. The molecule has 2 nitrogen and oxygen atoms in total. The summed E-state index contributed by atoms with van der Waals surface area (Å²) in [5, 5.41) is 0.940. The highest BCUT2D eigenvalue weighted by Crippen LogP contribution is 2.22. The van der Waals surface area contributed by atoms with E-state index >= 15 is 0 Å². The van der Waals surface area contributed by atoms with E-state index in [0.29, 0.717) is 0 Å². The second-order valence-corrected chi connectivity index (χ2v) is 12.7. The van der Waals surface area contributed by atoms with Gasteiger partial charge in [-0.05, 0) is 25.7 Å². The summed E-state index contributed by atoms with van der Waals surface area (Å²) in [4.78, 5) is 4.91. The molecule has 0 aromatic heterocycles. The van der Waals surface area contributed by atoms with Gasteiger partial charge in [0.1, 0.15) is 8.64 Å². The van der Waals surface area contributed by atoms with Gasteiger partial charge in [0, 0.05) is 26.2 Å². The van der Waals surface area contributed by atoms with Gasteiger partial charge in [-0.15, -0.1) is 0 Å². The maximum atomic E-state index is 5.84. The lowest BCUT2D eigenvalue weighted by molar-refractivity contribution is 0.402. The van der Waals surface area contributed by atoms with Crippen molar-refractivity contribution in [2.45, 2.75) is 130 Å². The van der Waals surface area contributed by atoms with Crippen LogP contribution in [0.5, 0.6) is 0 Å². The number of rotatable bonds is 22. The summed E-state index contributed by atoms with van der Waals surface area (Å²) in [6, 6.07) is 0. The van der Waals surface area contributed by atoms with Crippen molar-refractivity contribution in [1.29, 1.82) is 0 Å². The third-order valence-electron chi connectivity index (χ3n) is 6.01. The monoisotopic (exact) mass is 534 g/mol. The van der Waals surface area contributed by atoms with Crippen LogP contribution in [0.4, 0.5) is 0 Å². The summed E-state index contributed by atoms with van der Waals surface area (Å²) in [5.74, 6) is 0. The molecule has 0 aliphatic carbocycles. The van der Waals surface area contributed by atoms with Gasteiger partial charge in [-0.1, -0.05) is 153 Å². The van der Waals surface area contributed by atoms with Gasteiger partial charge in [0.05, 0.1) is 5.08 Å². The highest BCUT2D eigenvalue weighted by Gasteiger charge is 2.13. The van der Waals surface area contributed by atoms with Crippen molar-refractivity contribution in [3.8, 4) is 0 Å². The Labute approximate surface area is 227 Å². The van der Waals surface area contributed by atoms with E-state index in [2.05, 4.69) is 37.5 Å². The Hall–Kier alpha value is 0.480. The number of nitrogens with zero attached hydrogens (tertiary/aromatic N) is 2. The molecule has 0 aromatic carbocycles. The molecule has 196 valence electrons. The smallest absolute Gasteiger partial charge is 0.137 e. The first-order valence-electron chi connectivity index (χ1n) is 13.9. The second kappa shape index (κ2) is 25.6. The normalized spacial score (nSPS) is 11.0. The Morgan fingerprint density at radius 2 is 0.758 bits per heavy atom. The summed E-state index contributed by atoms with van der Waals surface area (Å²) in [6.45, 7) is 13.5. The van der Waals surface area contributed by atoms with Gasteiger partial charge in [0.15, 0.2) is 0 Å². The minimum absolute atomic E-state index is 0.940. The Balaban J connectivity index is 4.36. The van der Waals surface area contributed by atoms with E-state index < -0.39 is 0 Å². The van der Waals surface area contributed by atoms with Gasteiger partial charge in [0.25, 0.3) is 0 Å². The van der Waals surface area contributed by atoms with Crippen LogP contribution < -0.4 is 0 Å². The topological polar surface area (TPSA) is 6.48 Å². The molecule has 0 aliphatic rings. The van der Waals surface area contributed by atoms with Crippen molar-refractivity contribution in [3.05, 3.63) is 0 Å². The first-order valence-corrected chi connectivity index (χ1v) is 16.7. The zero-order chi connectivity index (χ0) is 24.6. The largest absolute Gasteiger partial charge is 0.358 e. The lowest BCUT2D eigenvalue weighted by atomic mass is 10.1. The molecule has 0 aliphatic heterocycles. The molecule has 0 heterocycles. The second-order valence-electron chi connectivity index (χ2n) is 9.16. The van der Waals surface area contributed by atoms with E-state index in [1.54, 1.807) is 0 Å². The molecular weight excluding hydrogens is 481 g/mol. The van der Waals surface area contributed by atoms with Crippen LogP contribution in [-0.4, -0.2) is 49.7 Å². The Morgan fingerprint density at radius 1 is 0.455 bits per heavy atom. The molecular formula is C27H54N2S4. The average molecular weight is 535 g/mol. The zero-order valence-corrected chi connectivity index (χ0v) is 25.6. The fourth-order valence-corrected chi connectivity index (χ4v) is 6.77. The van der Waals surface area contributed by atoms with Crippen molar-refractivity contribution < 1.29 is 0 Å². The summed E-state index contributed by atoms with van der Waals surface area (Å²) in [6.07, 6.45) is 21.0. The van der Waals surface area contributed by atoms with Crippen LogP contribution in [0.25, 0.3) is 0 Å². The Bertz CT molecular complexity index is 419. The van der Waals surface area contributed by atoms with E-state index in [4.69, 9.17) is 24.4 Å². The Kier molecular flexibility index (Phi) is 25.9. The lowest BCUT2D eigenvalue weighted by Crippen LogP contribution is -2.31. The molecule has 0 rings (SSSR count). The first kappa shape index (κ1) is 33.5. The molecule has 0 saturated carbocycles. The standard InChI is InChI=1S/C27H54N2S4/c1-5-9-13-15-17-19-23-28(21-11-7-3)26(30)32-25-33-27(31)29(22-12-8-4)24-20-18-16-14-10-6-2/h5-25H2,1-4H3. The summed E-state index contributed by atoms with van der Waals surface area (Å²) < 4.78 is 2.15.